The number of hydrogen-bond acceptors (Lipinski definition) is 1. The normalized spacial score (nSPS) is 14.4. The number of ketones is 1. The fraction of sp³-hybridized carbons (Fsp3) is 0.900. The van der Waals surface area contributed by atoms with E-state index in [1.165, 1.54) is 0 Å². The van der Waals surface area contributed by atoms with Gasteiger partial charge in [-0.2, -0.15) is 0 Å². The molecule has 2 heteroatoms. The number of carbonyl (C=O) groups excluding carboxylic acids is 1. The zero-order valence-electron chi connectivity index (χ0n) is 8.48. The third-order valence-corrected chi connectivity index (χ3v) is 1.85. The average molecular weight is 174 g/mol. The van der Waals surface area contributed by atoms with Crippen LogP contribution in [-0.4, -0.2) is 12.0 Å². The van der Waals surface area contributed by atoms with E-state index < -0.39 is 11.6 Å². The SMILES string of the molecule is CCCC(F)CC(=O)C(C)(C)C. The van der Waals surface area contributed by atoms with Crippen LogP contribution in [0.25, 0.3) is 0 Å². The quantitative estimate of drug-likeness (QED) is 0.640. The van der Waals surface area contributed by atoms with Crippen LogP contribution in [0.2, 0.25) is 0 Å². The maximum atomic E-state index is 13.0. The van der Waals surface area contributed by atoms with Crippen LogP contribution < -0.4 is 0 Å². The second-order valence-corrected chi connectivity index (χ2v) is 4.26. The minimum atomic E-state index is -0.943. The van der Waals surface area contributed by atoms with Gasteiger partial charge in [0.1, 0.15) is 12.0 Å². The van der Waals surface area contributed by atoms with Gasteiger partial charge in [0.2, 0.25) is 0 Å². The maximum Gasteiger partial charge on any atom is 0.141 e. The molecule has 1 atom stereocenters. The van der Waals surface area contributed by atoms with Gasteiger partial charge < -0.3 is 0 Å². The average Bonchev–Trinajstić information content (AvgIpc) is 1.85. The molecular formula is C10H19FO. The Kier molecular flexibility index (Phi) is 4.43. The topological polar surface area (TPSA) is 17.1 Å². The van der Waals surface area contributed by atoms with Crippen molar-refractivity contribution in [1.29, 1.82) is 0 Å². The van der Waals surface area contributed by atoms with Crippen molar-refractivity contribution in [2.75, 3.05) is 0 Å². The molecule has 0 fully saturated rings. The Bertz CT molecular complexity index is 146. The fourth-order valence-corrected chi connectivity index (χ4v) is 0.923. The lowest BCUT2D eigenvalue weighted by Gasteiger charge is -2.17. The summed E-state index contributed by atoms with van der Waals surface area (Å²) in [5, 5.41) is 0. The Morgan fingerprint density at radius 2 is 1.92 bits per heavy atom. The third-order valence-electron chi connectivity index (χ3n) is 1.85. The van der Waals surface area contributed by atoms with E-state index in [1.807, 2.05) is 27.7 Å². The Morgan fingerprint density at radius 3 is 2.25 bits per heavy atom. The van der Waals surface area contributed by atoms with Gasteiger partial charge in [-0.1, -0.05) is 34.1 Å². The lowest BCUT2D eigenvalue weighted by molar-refractivity contribution is -0.127. The molecule has 0 aliphatic heterocycles. The first-order valence-electron chi connectivity index (χ1n) is 4.55. The van der Waals surface area contributed by atoms with E-state index in [1.54, 1.807) is 0 Å². The molecule has 0 heterocycles. The van der Waals surface area contributed by atoms with Crippen molar-refractivity contribution in [3.8, 4) is 0 Å². The van der Waals surface area contributed by atoms with Gasteiger partial charge in [0.25, 0.3) is 0 Å². The number of hydrogen-bond donors (Lipinski definition) is 0. The third kappa shape index (κ3) is 4.47. The molecular weight excluding hydrogens is 155 g/mol. The first kappa shape index (κ1) is 11.6. The van der Waals surface area contributed by atoms with Gasteiger partial charge in [-0.05, 0) is 6.42 Å². The molecule has 0 rings (SSSR count). The molecule has 0 spiro atoms. The van der Waals surface area contributed by atoms with Crippen molar-refractivity contribution in [1.82, 2.24) is 0 Å². The molecule has 1 nitrogen and oxygen atoms in total. The van der Waals surface area contributed by atoms with E-state index in [-0.39, 0.29) is 12.2 Å². The minimum absolute atomic E-state index is 0.0171. The lowest BCUT2D eigenvalue weighted by atomic mass is 9.87. The number of carbonyl (C=O) groups is 1. The monoisotopic (exact) mass is 174 g/mol. The van der Waals surface area contributed by atoms with Crippen LogP contribution >= 0.6 is 0 Å². The highest BCUT2D eigenvalue weighted by Gasteiger charge is 2.23. The zero-order valence-corrected chi connectivity index (χ0v) is 8.48. The van der Waals surface area contributed by atoms with Crippen LogP contribution in [0.5, 0.6) is 0 Å². The van der Waals surface area contributed by atoms with Gasteiger partial charge in [-0.25, -0.2) is 4.39 Å². The highest BCUT2D eigenvalue weighted by molar-refractivity contribution is 5.83. The summed E-state index contributed by atoms with van der Waals surface area (Å²) >= 11 is 0. The molecule has 0 N–H and O–H groups in total. The predicted octanol–water partition coefficient (Wildman–Crippen LogP) is 3.13. The number of Topliss-reactive ketones (excluding diaryl/α,β-unsaturated/α-hetero) is 1. The van der Waals surface area contributed by atoms with Crippen molar-refractivity contribution >= 4 is 5.78 Å². The Hall–Kier alpha value is -0.400. The molecule has 0 radical (unpaired) electrons. The molecule has 0 saturated heterocycles. The Morgan fingerprint density at radius 1 is 1.42 bits per heavy atom. The van der Waals surface area contributed by atoms with Gasteiger partial charge in [-0.3, -0.25) is 4.79 Å². The van der Waals surface area contributed by atoms with Crippen LogP contribution in [-0.2, 0) is 4.79 Å². The summed E-state index contributed by atoms with van der Waals surface area (Å²) in [6.07, 6.45) is 0.444. The highest BCUT2D eigenvalue weighted by atomic mass is 19.1. The summed E-state index contributed by atoms with van der Waals surface area (Å²) in [6.45, 7) is 7.41. The highest BCUT2D eigenvalue weighted by Crippen LogP contribution is 2.20. The number of halogens is 1. The number of alkyl halides is 1. The minimum Gasteiger partial charge on any atom is -0.299 e. The molecule has 12 heavy (non-hydrogen) atoms. The van der Waals surface area contributed by atoms with E-state index in [4.69, 9.17) is 0 Å². The first-order valence-corrected chi connectivity index (χ1v) is 4.55. The maximum absolute atomic E-state index is 13.0. The van der Waals surface area contributed by atoms with Crippen LogP contribution in [0.3, 0.4) is 0 Å². The molecule has 0 amide bonds. The van der Waals surface area contributed by atoms with Crippen molar-refractivity contribution in [3.05, 3.63) is 0 Å². The van der Waals surface area contributed by atoms with E-state index >= 15 is 0 Å². The summed E-state index contributed by atoms with van der Waals surface area (Å²) in [5.74, 6) is 0.0171. The van der Waals surface area contributed by atoms with E-state index in [0.29, 0.717) is 6.42 Å². The van der Waals surface area contributed by atoms with E-state index in [0.717, 1.165) is 6.42 Å². The van der Waals surface area contributed by atoms with Crippen LogP contribution in [0.15, 0.2) is 0 Å². The van der Waals surface area contributed by atoms with Crippen molar-refractivity contribution < 1.29 is 9.18 Å². The summed E-state index contributed by atoms with van der Waals surface area (Å²) in [4.78, 5) is 11.3. The van der Waals surface area contributed by atoms with Gasteiger partial charge in [0.05, 0.1) is 0 Å². The van der Waals surface area contributed by atoms with Crippen molar-refractivity contribution in [2.24, 2.45) is 5.41 Å². The number of rotatable bonds is 4. The molecule has 0 aromatic heterocycles. The molecule has 0 aromatic rings. The summed E-state index contributed by atoms with van der Waals surface area (Å²) < 4.78 is 13.0. The van der Waals surface area contributed by atoms with Gasteiger partial charge in [0.15, 0.2) is 0 Å². The Balaban J connectivity index is 3.85. The van der Waals surface area contributed by atoms with Gasteiger partial charge in [-0.15, -0.1) is 0 Å². The second kappa shape index (κ2) is 4.58. The zero-order chi connectivity index (χ0) is 9.78. The van der Waals surface area contributed by atoms with Gasteiger partial charge >= 0.3 is 0 Å². The molecule has 0 aliphatic rings. The molecule has 0 aromatic carbocycles. The molecule has 0 saturated carbocycles. The smallest absolute Gasteiger partial charge is 0.141 e. The molecule has 0 aliphatic carbocycles. The Labute approximate surface area is 74.4 Å². The standard InChI is InChI=1S/C10H19FO/c1-5-6-8(11)7-9(12)10(2,3)4/h8H,5-7H2,1-4H3. The van der Waals surface area contributed by atoms with Gasteiger partial charge in [0, 0.05) is 11.8 Å². The summed E-state index contributed by atoms with van der Waals surface area (Å²) in [5.41, 5.74) is -0.391. The van der Waals surface area contributed by atoms with Crippen molar-refractivity contribution in [2.45, 2.75) is 53.1 Å². The predicted molar refractivity (Wildman–Crippen MR) is 48.9 cm³/mol. The van der Waals surface area contributed by atoms with Crippen LogP contribution in [0.1, 0.15) is 47.0 Å². The molecule has 1 unspecified atom stereocenters. The summed E-state index contributed by atoms with van der Waals surface area (Å²) in [6, 6.07) is 0. The van der Waals surface area contributed by atoms with Crippen molar-refractivity contribution in [3.63, 3.8) is 0 Å². The van der Waals surface area contributed by atoms with Crippen LogP contribution in [0, 0.1) is 5.41 Å². The first-order chi connectivity index (χ1) is 5.38. The molecule has 0 bridgehead atoms. The lowest BCUT2D eigenvalue weighted by Crippen LogP contribution is -2.23. The van der Waals surface area contributed by atoms with Crippen LogP contribution in [0.4, 0.5) is 4.39 Å². The van der Waals surface area contributed by atoms with E-state index in [2.05, 4.69) is 0 Å². The second-order valence-electron chi connectivity index (χ2n) is 4.26. The van der Waals surface area contributed by atoms with E-state index in [9.17, 15) is 9.18 Å². The molecule has 72 valence electrons. The largest absolute Gasteiger partial charge is 0.299 e. The summed E-state index contributed by atoms with van der Waals surface area (Å²) in [7, 11) is 0. The fourth-order valence-electron chi connectivity index (χ4n) is 0.923.